The molecule has 0 spiro atoms. The normalized spacial score (nSPS) is 20.2. The molecule has 1 saturated carbocycles. The Bertz CT molecular complexity index is 772. The quantitative estimate of drug-likeness (QED) is 0.801. The maximum absolute atomic E-state index is 14.2. The van der Waals surface area contributed by atoms with Crippen LogP contribution in [-0.2, 0) is 20.4 Å². The Morgan fingerprint density at radius 3 is 2.57 bits per heavy atom. The first-order valence-electron chi connectivity index (χ1n) is 7.31. The van der Waals surface area contributed by atoms with Crippen molar-refractivity contribution in [3.05, 3.63) is 41.7 Å². The molecule has 0 unspecified atom stereocenters. The molecule has 1 aromatic rings. The van der Waals surface area contributed by atoms with Crippen molar-refractivity contribution in [1.29, 1.82) is 0 Å². The van der Waals surface area contributed by atoms with Gasteiger partial charge >= 0.3 is 16.2 Å². The zero-order chi connectivity index (χ0) is 16.7. The van der Waals surface area contributed by atoms with Gasteiger partial charge in [0.15, 0.2) is 0 Å². The Hall–Kier alpha value is -1.93. The monoisotopic (exact) mass is 340 g/mol. The fourth-order valence-electron chi connectivity index (χ4n) is 2.74. The minimum absolute atomic E-state index is 0.0852. The number of carboxylic acid groups (broad SMARTS) is 1. The second-order valence-corrected chi connectivity index (χ2v) is 7.48. The molecule has 124 valence electrons. The minimum atomic E-state index is -3.75. The van der Waals surface area contributed by atoms with E-state index in [4.69, 9.17) is 0 Å². The predicted octanol–water partition coefficient (Wildman–Crippen LogP) is 1.86. The number of rotatable bonds is 5. The SMILES string of the molecule is O=C(O)C1(c2ccc(NS(=O)(=O)N3CC=CCC3)cc2F)CC1. The highest BCUT2D eigenvalue weighted by molar-refractivity contribution is 7.90. The number of nitrogens with one attached hydrogen (secondary N) is 1. The standard InChI is InChI=1S/C15H17FN2O4S/c16-13-10-11(4-5-12(13)15(6-7-15)14(19)20)17-23(21,22)18-8-2-1-3-9-18/h1-2,4-5,10,17H,3,6-9H2,(H,19,20). The van der Waals surface area contributed by atoms with Crippen LogP contribution < -0.4 is 4.72 Å². The van der Waals surface area contributed by atoms with Crippen LogP contribution in [0.15, 0.2) is 30.4 Å². The molecule has 0 aromatic heterocycles. The number of carboxylic acids is 1. The molecule has 2 aliphatic rings. The number of hydrogen-bond acceptors (Lipinski definition) is 3. The molecular formula is C15H17FN2O4S. The van der Waals surface area contributed by atoms with Crippen molar-refractivity contribution in [1.82, 2.24) is 4.31 Å². The Kier molecular flexibility index (Phi) is 3.89. The highest BCUT2D eigenvalue weighted by Gasteiger charge is 2.53. The molecule has 23 heavy (non-hydrogen) atoms. The topological polar surface area (TPSA) is 86.7 Å². The van der Waals surface area contributed by atoms with E-state index >= 15 is 0 Å². The molecule has 1 aliphatic carbocycles. The van der Waals surface area contributed by atoms with Crippen molar-refractivity contribution < 1.29 is 22.7 Å². The van der Waals surface area contributed by atoms with Gasteiger partial charge < -0.3 is 5.11 Å². The molecule has 0 bridgehead atoms. The van der Waals surface area contributed by atoms with Gasteiger partial charge in [-0.3, -0.25) is 9.52 Å². The number of hydrogen-bond donors (Lipinski definition) is 2. The Morgan fingerprint density at radius 2 is 2.04 bits per heavy atom. The summed E-state index contributed by atoms with van der Waals surface area (Å²) in [7, 11) is -3.75. The maximum atomic E-state index is 14.2. The van der Waals surface area contributed by atoms with Gasteiger partial charge in [0.25, 0.3) is 0 Å². The second kappa shape index (κ2) is 5.61. The number of benzene rings is 1. The summed E-state index contributed by atoms with van der Waals surface area (Å²) < 4.78 is 42.3. The fourth-order valence-corrected chi connectivity index (χ4v) is 3.92. The molecule has 0 radical (unpaired) electrons. The van der Waals surface area contributed by atoms with Gasteiger partial charge in [-0.15, -0.1) is 0 Å². The molecule has 6 nitrogen and oxygen atoms in total. The Balaban J connectivity index is 1.81. The van der Waals surface area contributed by atoms with Gasteiger partial charge in [-0.05, 0) is 31.4 Å². The molecule has 0 saturated heterocycles. The van der Waals surface area contributed by atoms with Crippen LogP contribution in [0.25, 0.3) is 0 Å². The van der Waals surface area contributed by atoms with Gasteiger partial charge in [0.1, 0.15) is 5.82 Å². The van der Waals surface area contributed by atoms with E-state index in [0.29, 0.717) is 25.8 Å². The van der Waals surface area contributed by atoms with E-state index in [1.54, 1.807) is 6.08 Å². The number of anilines is 1. The first-order chi connectivity index (χ1) is 10.8. The van der Waals surface area contributed by atoms with Crippen molar-refractivity contribution in [2.45, 2.75) is 24.7 Å². The van der Waals surface area contributed by atoms with Crippen LogP contribution in [0.4, 0.5) is 10.1 Å². The molecule has 1 fully saturated rings. The van der Waals surface area contributed by atoms with E-state index in [2.05, 4.69) is 4.72 Å². The van der Waals surface area contributed by atoms with Crippen molar-refractivity contribution in [3.63, 3.8) is 0 Å². The van der Waals surface area contributed by atoms with Crippen LogP contribution in [0.5, 0.6) is 0 Å². The lowest BCUT2D eigenvalue weighted by Gasteiger charge is -2.23. The molecule has 2 N–H and O–H groups in total. The highest BCUT2D eigenvalue weighted by atomic mass is 32.2. The fraction of sp³-hybridized carbons (Fsp3) is 0.400. The molecule has 8 heteroatoms. The third-order valence-corrected chi connectivity index (χ3v) is 5.76. The molecule has 0 amide bonds. The first-order valence-corrected chi connectivity index (χ1v) is 8.75. The average Bonchev–Trinajstić information content (AvgIpc) is 3.29. The van der Waals surface area contributed by atoms with Crippen LogP contribution in [-0.4, -0.2) is 36.9 Å². The Morgan fingerprint density at radius 1 is 1.30 bits per heavy atom. The van der Waals surface area contributed by atoms with E-state index in [0.717, 1.165) is 6.07 Å². The van der Waals surface area contributed by atoms with Gasteiger partial charge in [0.2, 0.25) is 0 Å². The van der Waals surface area contributed by atoms with Crippen LogP contribution in [0.2, 0.25) is 0 Å². The summed E-state index contributed by atoms with van der Waals surface area (Å²) in [5, 5.41) is 9.22. The minimum Gasteiger partial charge on any atom is -0.481 e. The van der Waals surface area contributed by atoms with Crippen LogP contribution in [0.1, 0.15) is 24.8 Å². The maximum Gasteiger partial charge on any atom is 0.314 e. The smallest absolute Gasteiger partial charge is 0.314 e. The van der Waals surface area contributed by atoms with E-state index in [1.165, 1.54) is 16.4 Å². The summed E-state index contributed by atoms with van der Waals surface area (Å²) in [5.41, 5.74) is -0.963. The molecule has 1 aromatic carbocycles. The summed E-state index contributed by atoms with van der Waals surface area (Å²) in [6.07, 6.45) is 5.09. The number of nitrogens with zero attached hydrogens (tertiary/aromatic N) is 1. The van der Waals surface area contributed by atoms with E-state index < -0.39 is 27.4 Å². The van der Waals surface area contributed by atoms with Crippen molar-refractivity contribution in [2.24, 2.45) is 0 Å². The molecule has 1 heterocycles. The summed E-state index contributed by atoms with van der Waals surface area (Å²) in [6.45, 7) is 0.645. The van der Waals surface area contributed by atoms with Gasteiger partial charge in [0.05, 0.1) is 11.1 Å². The van der Waals surface area contributed by atoms with E-state index in [1.807, 2.05) is 6.08 Å². The van der Waals surface area contributed by atoms with Crippen LogP contribution in [0, 0.1) is 5.82 Å². The summed E-state index contributed by atoms with van der Waals surface area (Å²) in [4.78, 5) is 11.3. The Labute approximate surface area is 133 Å². The first kappa shape index (κ1) is 15.9. The lowest BCUT2D eigenvalue weighted by molar-refractivity contribution is -0.140. The molecule has 3 rings (SSSR count). The van der Waals surface area contributed by atoms with Crippen molar-refractivity contribution in [2.75, 3.05) is 17.8 Å². The zero-order valence-corrected chi connectivity index (χ0v) is 13.1. The third-order valence-electron chi connectivity index (χ3n) is 4.25. The zero-order valence-electron chi connectivity index (χ0n) is 12.3. The lowest BCUT2D eigenvalue weighted by atomic mass is 9.95. The van der Waals surface area contributed by atoms with E-state index in [-0.39, 0.29) is 17.8 Å². The summed E-state index contributed by atoms with van der Waals surface area (Å²) in [5.74, 6) is -1.76. The number of carbonyl (C=O) groups is 1. The van der Waals surface area contributed by atoms with Gasteiger partial charge in [-0.2, -0.15) is 12.7 Å². The van der Waals surface area contributed by atoms with Crippen molar-refractivity contribution in [3.8, 4) is 0 Å². The van der Waals surface area contributed by atoms with Gasteiger partial charge in [-0.25, -0.2) is 4.39 Å². The van der Waals surface area contributed by atoms with Gasteiger partial charge in [0, 0.05) is 18.7 Å². The number of aliphatic carboxylic acids is 1. The average molecular weight is 340 g/mol. The molecular weight excluding hydrogens is 323 g/mol. The lowest BCUT2D eigenvalue weighted by Crippen LogP contribution is -2.38. The van der Waals surface area contributed by atoms with Crippen LogP contribution in [0.3, 0.4) is 0 Å². The molecule has 0 atom stereocenters. The van der Waals surface area contributed by atoms with Crippen LogP contribution >= 0.6 is 0 Å². The van der Waals surface area contributed by atoms with Gasteiger partial charge in [-0.1, -0.05) is 18.2 Å². The van der Waals surface area contributed by atoms with E-state index in [9.17, 15) is 22.7 Å². The third kappa shape index (κ3) is 2.96. The predicted molar refractivity (Wildman–Crippen MR) is 82.8 cm³/mol. The second-order valence-electron chi connectivity index (χ2n) is 5.81. The van der Waals surface area contributed by atoms with Crippen molar-refractivity contribution >= 4 is 21.9 Å². The highest BCUT2D eigenvalue weighted by Crippen LogP contribution is 2.49. The summed E-state index contributed by atoms with van der Waals surface area (Å²) >= 11 is 0. The molecule has 1 aliphatic heterocycles. The largest absolute Gasteiger partial charge is 0.481 e. The summed E-state index contributed by atoms with van der Waals surface area (Å²) in [6, 6.07) is 3.79. The number of halogens is 1.